The fourth-order valence-corrected chi connectivity index (χ4v) is 4.39. The zero-order chi connectivity index (χ0) is 18.1. The van der Waals surface area contributed by atoms with Gasteiger partial charge in [0.05, 0.1) is 21.9 Å². The Morgan fingerprint density at radius 1 is 1.15 bits per heavy atom. The van der Waals surface area contributed by atoms with Crippen LogP contribution in [0, 0.1) is 0 Å². The van der Waals surface area contributed by atoms with Gasteiger partial charge in [-0.2, -0.15) is 13.2 Å². The number of aromatic nitrogens is 1. The molecule has 26 heavy (non-hydrogen) atoms. The van der Waals surface area contributed by atoms with E-state index in [0.717, 1.165) is 43.8 Å². The zero-order valence-corrected chi connectivity index (χ0v) is 14.9. The number of fused-ring (bicyclic) bond motifs is 1. The van der Waals surface area contributed by atoms with E-state index in [1.165, 1.54) is 17.4 Å². The van der Waals surface area contributed by atoms with Crippen LogP contribution in [0.5, 0.6) is 0 Å². The third-order valence-electron chi connectivity index (χ3n) is 4.70. The van der Waals surface area contributed by atoms with Crippen molar-refractivity contribution in [3.8, 4) is 0 Å². The largest absolute Gasteiger partial charge is 0.417 e. The average molecular weight is 380 g/mol. The van der Waals surface area contributed by atoms with Gasteiger partial charge in [0.2, 0.25) is 0 Å². The number of nitrogens with zero attached hydrogens (tertiary/aromatic N) is 3. The molecule has 0 radical (unpaired) electrons. The smallest absolute Gasteiger partial charge is 0.372 e. The van der Waals surface area contributed by atoms with Gasteiger partial charge >= 0.3 is 6.18 Å². The number of thiophene rings is 1. The van der Waals surface area contributed by atoms with Crippen LogP contribution in [0.4, 0.5) is 13.2 Å². The first-order valence-corrected chi connectivity index (χ1v) is 9.32. The highest BCUT2D eigenvalue weighted by atomic mass is 32.1. The summed E-state index contributed by atoms with van der Waals surface area (Å²) < 4.78 is 39.1. The number of hydrogen-bond acceptors (Lipinski definition) is 5. The molecule has 138 valence electrons. The molecular weight excluding hydrogens is 361 g/mol. The number of nitrogens with one attached hydrogen (secondary N) is 1. The maximum Gasteiger partial charge on any atom is 0.417 e. The van der Waals surface area contributed by atoms with E-state index < -0.39 is 11.7 Å². The number of dihydropyridines is 1. The molecule has 0 aliphatic carbocycles. The predicted molar refractivity (Wildman–Crippen MR) is 96.7 cm³/mol. The molecule has 1 saturated heterocycles. The Morgan fingerprint density at radius 3 is 2.65 bits per heavy atom. The Bertz CT molecular complexity index is 835. The van der Waals surface area contributed by atoms with Crippen LogP contribution >= 0.6 is 11.3 Å². The fraction of sp³-hybridized carbons (Fsp3) is 0.389. The summed E-state index contributed by atoms with van der Waals surface area (Å²) >= 11 is 1.40. The van der Waals surface area contributed by atoms with E-state index in [0.29, 0.717) is 10.2 Å². The summed E-state index contributed by atoms with van der Waals surface area (Å²) in [6.45, 7) is 4.54. The highest BCUT2D eigenvalue weighted by molar-refractivity contribution is 7.19. The molecule has 4 rings (SSSR count). The highest BCUT2D eigenvalue weighted by Gasteiger charge is 2.31. The SMILES string of the molecule is FC(F)(F)c1cnc2cc(CN3CCN(C4C=CC=CN4)CC3)sc2c1. The summed E-state index contributed by atoms with van der Waals surface area (Å²) in [5, 5.41) is 3.33. The normalized spacial score (nSPS) is 22.0. The Hall–Kier alpha value is -1.90. The van der Waals surface area contributed by atoms with E-state index >= 15 is 0 Å². The van der Waals surface area contributed by atoms with E-state index in [1.807, 2.05) is 24.4 Å². The maximum absolute atomic E-state index is 12.8. The molecule has 2 aliphatic rings. The quantitative estimate of drug-likeness (QED) is 0.884. The molecule has 0 spiro atoms. The van der Waals surface area contributed by atoms with E-state index in [2.05, 4.69) is 26.2 Å². The van der Waals surface area contributed by atoms with Gasteiger partial charge in [-0.1, -0.05) is 6.08 Å². The van der Waals surface area contributed by atoms with Crippen LogP contribution in [0.2, 0.25) is 0 Å². The molecule has 4 nitrogen and oxygen atoms in total. The Kier molecular flexibility index (Phi) is 4.73. The molecule has 1 atom stereocenters. The van der Waals surface area contributed by atoms with Crippen LogP contribution in [-0.2, 0) is 12.7 Å². The fourth-order valence-electron chi connectivity index (χ4n) is 3.28. The van der Waals surface area contributed by atoms with Crippen LogP contribution in [0.3, 0.4) is 0 Å². The molecule has 2 aliphatic heterocycles. The topological polar surface area (TPSA) is 31.4 Å². The summed E-state index contributed by atoms with van der Waals surface area (Å²) in [6.07, 6.45) is 4.94. The first kappa shape index (κ1) is 17.5. The number of halogens is 3. The molecule has 0 aromatic carbocycles. The second kappa shape index (κ2) is 7.02. The molecular formula is C18H19F3N4S. The predicted octanol–water partition coefficient (Wildman–Crippen LogP) is 3.43. The summed E-state index contributed by atoms with van der Waals surface area (Å²) in [6, 6.07) is 3.10. The van der Waals surface area contributed by atoms with Crippen molar-refractivity contribution in [1.82, 2.24) is 20.1 Å². The van der Waals surface area contributed by atoms with Crippen LogP contribution in [-0.4, -0.2) is 47.1 Å². The van der Waals surface area contributed by atoms with Gasteiger partial charge in [-0.25, -0.2) is 0 Å². The molecule has 0 amide bonds. The van der Waals surface area contributed by atoms with Gasteiger partial charge in [-0.05, 0) is 30.5 Å². The average Bonchev–Trinajstić information content (AvgIpc) is 3.04. The van der Waals surface area contributed by atoms with Crippen molar-refractivity contribution in [2.45, 2.75) is 18.9 Å². The van der Waals surface area contributed by atoms with Gasteiger partial charge in [-0.15, -0.1) is 11.3 Å². The molecule has 1 N–H and O–H groups in total. The van der Waals surface area contributed by atoms with Crippen molar-refractivity contribution in [1.29, 1.82) is 0 Å². The molecule has 0 bridgehead atoms. The second-order valence-corrected chi connectivity index (χ2v) is 7.65. The maximum atomic E-state index is 12.8. The zero-order valence-electron chi connectivity index (χ0n) is 14.0. The van der Waals surface area contributed by atoms with Crippen LogP contribution in [0.25, 0.3) is 10.2 Å². The lowest BCUT2D eigenvalue weighted by molar-refractivity contribution is -0.137. The van der Waals surface area contributed by atoms with Crippen molar-refractivity contribution in [2.75, 3.05) is 26.2 Å². The molecule has 2 aromatic heterocycles. The van der Waals surface area contributed by atoms with E-state index in [-0.39, 0.29) is 6.17 Å². The van der Waals surface area contributed by atoms with Crippen LogP contribution in [0.1, 0.15) is 10.4 Å². The number of hydrogen-bond donors (Lipinski definition) is 1. The third-order valence-corrected chi connectivity index (χ3v) is 5.75. The second-order valence-electron chi connectivity index (χ2n) is 6.49. The molecule has 4 heterocycles. The number of alkyl halides is 3. The van der Waals surface area contributed by atoms with Crippen molar-refractivity contribution in [2.24, 2.45) is 0 Å². The lowest BCUT2D eigenvalue weighted by Gasteiger charge is -2.38. The van der Waals surface area contributed by atoms with Crippen LogP contribution in [0.15, 0.2) is 42.8 Å². The monoisotopic (exact) mass is 380 g/mol. The lowest BCUT2D eigenvalue weighted by atomic mass is 10.2. The van der Waals surface area contributed by atoms with Gasteiger partial charge in [0.1, 0.15) is 0 Å². The van der Waals surface area contributed by atoms with E-state index in [1.54, 1.807) is 0 Å². The molecule has 0 saturated carbocycles. The van der Waals surface area contributed by atoms with Gasteiger partial charge in [0, 0.05) is 43.8 Å². The molecule has 1 unspecified atom stereocenters. The van der Waals surface area contributed by atoms with Gasteiger partial charge in [-0.3, -0.25) is 14.8 Å². The van der Waals surface area contributed by atoms with Crippen molar-refractivity contribution in [3.63, 3.8) is 0 Å². The molecule has 1 fully saturated rings. The summed E-state index contributed by atoms with van der Waals surface area (Å²) in [5.41, 5.74) is -0.0472. The highest BCUT2D eigenvalue weighted by Crippen LogP contribution is 2.33. The number of rotatable bonds is 3. The number of allylic oxidation sites excluding steroid dienone is 2. The summed E-state index contributed by atoms with van der Waals surface area (Å²) in [4.78, 5) is 9.76. The van der Waals surface area contributed by atoms with E-state index in [9.17, 15) is 13.2 Å². The first-order chi connectivity index (χ1) is 12.5. The van der Waals surface area contributed by atoms with Gasteiger partial charge in [0.25, 0.3) is 0 Å². The lowest BCUT2D eigenvalue weighted by Crippen LogP contribution is -2.53. The Labute approximate surface area is 153 Å². The number of piperazine rings is 1. The van der Waals surface area contributed by atoms with Gasteiger partial charge < -0.3 is 5.32 Å². The summed E-state index contributed by atoms with van der Waals surface area (Å²) in [7, 11) is 0. The minimum Gasteiger partial charge on any atom is -0.372 e. The third kappa shape index (κ3) is 3.77. The van der Waals surface area contributed by atoms with Crippen molar-refractivity contribution >= 4 is 21.6 Å². The standard InChI is InChI=1S/C18H19F3N4S/c19-18(20,21)13-9-16-15(23-11-13)10-14(26-16)12-24-5-7-25(8-6-24)17-3-1-2-4-22-17/h1-4,9-11,17,22H,5-8,12H2. The number of pyridine rings is 1. The Balaban J connectivity index is 1.39. The van der Waals surface area contributed by atoms with Crippen molar-refractivity contribution < 1.29 is 13.2 Å². The summed E-state index contributed by atoms with van der Waals surface area (Å²) in [5.74, 6) is 0. The first-order valence-electron chi connectivity index (χ1n) is 8.50. The minimum absolute atomic E-state index is 0.247. The van der Waals surface area contributed by atoms with Crippen molar-refractivity contribution in [3.05, 3.63) is 53.2 Å². The Morgan fingerprint density at radius 2 is 1.96 bits per heavy atom. The molecule has 2 aromatic rings. The molecule has 8 heteroatoms. The minimum atomic E-state index is -4.35. The van der Waals surface area contributed by atoms with Crippen LogP contribution < -0.4 is 5.32 Å². The van der Waals surface area contributed by atoms with E-state index in [4.69, 9.17) is 0 Å². The van der Waals surface area contributed by atoms with Gasteiger partial charge in [0.15, 0.2) is 0 Å².